The van der Waals surface area contributed by atoms with Gasteiger partial charge in [-0.1, -0.05) is 84.1 Å². The van der Waals surface area contributed by atoms with Crippen LogP contribution in [0.5, 0.6) is 5.75 Å². The molecule has 1 heterocycles. The number of carbonyl (C=O) groups excluding carboxylic acids is 2. The first kappa shape index (κ1) is 28.6. The largest absolute Gasteiger partial charge is 0.488 e. The Kier molecular flexibility index (Phi) is 8.24. The predicted molar refractivity (Wildman–Crippen MR) is 176 cm³/mol. The van der Waals surface area contributed by atoms with Gasteiger partial charge in [0.2, 0.25) is 0 Å². The molecule has 0 bridgehead atoms. The summed E-state index contributed by atoms with van der Waals surface area (Å²) in [5.74, 6) is -0.472. The van der Waals surface area contributed by atoms with Gasteiger partial charge in [0, 0.05) is 21.8 Å². The number of thiocarbonyl (C=S) groups is 1. The number of anilines is 2. The molecule has 1 aliphatic heterocycles. The summed E-state index contributed by atoms with van der Waals surface area (Å²) >= 11 is 12.8. The molecule has 0 unspecified atom stereocenters. The fraction of sp³-hybridized carbons (Fsp3) is 0.0294. The summed E-state index contributed by atoms with van der Waals surface area (Å²) in [6.45, 7) is 0.323. The molecule has 5 nitrogen and oxygen atoms in total. The van der Waals surface area contributed by atoms with Crippen molar-refractivity contribution >= 4 is 79.9 Å². The average Bonchev–Trinajstić information content (AvgIpc) is 3.30. The van der Waals surface area contributed by atoms with Crippen molar-refractivity contribution in [2.24, 2.45) is 0 Å². The smallest absolute Gasteiger partial charge is 0.270 e. The van der Waals surface area contributed by atoms with Crippen LogP contribution in [0.3, 0.4) is 0 Å². The quantitative estimate of drug-likeness (QED) is 0.145. The summed E-state index contributed by atoms with van der Waals surface area (Å²) in [5.41, 5.74) is 2.97. The Morgan fingerprint density at radius 3 is 2.51 bits per heavy atom. The van der Waals surface area contributed by atoms with Crippen LogP contribution in [0, 0.1) is 5.82 Å². The Hall–Kier alpha value is -4.50. The number of carbonyl (C=O) groups is 2. The topological polar surface area (TPSA) is 58.6 Å². The molecule has 5 aromatic rings. The van der Waals surface area contributed by atoms with Crippen molar-refractivity contribution in [3.63, 3.8) is 0 Å². The van der Waals surface area contributed by atoms with E-state index in [-0.39, 0.29) is 5.91 Å². The molecule has 1 saturated heterocycles. The minimum atomic E-state index is -0.397. The highest BCUT2D eigenvalue weighted by Crippen LogP contribution is 2.39. The molecule has 0 aromatic heterocycles. The maximum atomic E-state index is 13.7. The molecular formula is C34H22ClFN2O3S2. The van der Waals surface area contributed by atoms with E-state index in [4.69, 9.17) is 28.6 Å². The standard InChI is InChI=1S/C34H22ClFN2O3S2/c35-24-11-8-21(9-12-24)20-41-30-17-10-22-4-1-2-7-28(22)29(30)19-31-33(40)38(34(42)43-31)27-6-3-5-23(18-27)32(39)37-26-15-13-25(36)14-16-26/h1-19H,20H2,(H,37,39)/b31-19+. The van der Waals surface area contributed by atoms with Crippen molar-refractivity contribution in [3.8, 4) is 5.75 Å². The van der Waals surface area contributed by atoms with Gasteiger partial charge in [-0.25, -0.2) is 4.39 Å². The number of hydrogen-bond acceptors (Lipinski definition) is 5. The van der Waals surface area contributed by atoms with E-state index in [1.54, 1.807) is 24.3 Å². The number of ether oxygens (including phenoxy) is 1. The molecule has 0 saturated carbocycles. The first-order chi connectivity index (χ1) is 20.9. The van der Waals surface area contributed by atoms with Crippen molar-refractivity contribution in [1.82, 2.24) is 0 Å². The lowest BCUT2D eigenvalue weighted by Crippen LogP contribution is -2.27. The minimum Gasteiger partial charge on any atom is -0.488 e. The van der Waals surface area contributed by atoms with Gasteiger partial charge in [0.15, 0.2) is 4.32 Å². The predicted octanol–water partition coefficient (Wildman–Crippen LogP) is 8.87. The third-order valence-electron chi connectivity index (χ3n) is 6.78. The fourth-order valence-electron chi connectivity index (χ4n) is 4.64. The van der Waals surface area contributed by atoms with Crippen LogP contribution in [0.4, 0.5) is 15.8 Å². The maximum absolute atomic E-state index is 13.7. The monoisotopic (exact) mass is 624 g/mol. The minimum absolute atomic E-state index is 0.303. The summed E-state index contributed by atoms with van der Waals surface area (Å²) in [6.07, 6.45) is 1.81. The lowest BCUT2D eigenvalue weighted by atomic mass is 10.0. The van der Waals surface area contributed by atoms with Gasteiger partial charge in [0.25, 0.3) is 11.8 Å². The molecule has 6 rings (SSSR count). The molecule has 0 radical (unpaired) electrons. The summed E-state index contributed by atoms with van der Waals surface area (Å²) in [7, 11) is 0. The van der Waals surface area contributed by atoms with E-state index < -0.39 is 11.7 Å². The highest BCUT2D eigenvalue weighted by atomic mass is 35.5. The van der Waals surface area contributed by atoms with E-state index in [1.807, 2.05) is 66.7 Å². The van der Waals surface area contributed by atoms with Crippen LogP contribution in [-0.2, 0) is 11.4 Å². The molecule has 0 atom stereocenters. The number of halogens is 2. The maximum Gasteiger partial charge on any atom is 0.270 e. The Morgan fingerprint density at radius 1 is 0.953 bits per heavy atom. The Balaban J connectivity index is 1.29. The van der Waals surface area contributed by atoms with Gasteiger partial charge in [-0.15, -0.1) is 0 Å². The van der Waals surface area contributed by atoms with Gasteiger partial charge in [0.05, 0.1) is 10.6 Å². The second-order valence-corrected chi connectivity index (χ2v) is 11.8. The number of thioether (sulfide) groups is 1. The van der Waals surface area contributed by atoms with E-state index in [0.717, 1.165) is 21.9 Å². The highest BCUT2D eigenvalue weighted by molar-refractivity contribution is 8.27. The van der Waals surface area contributed by atoms with Crippen molar-refractivity contribution < 1.29 is 18.7 Å². The van der Waals surface area contributed by atoms with Gasteiger partial charge in [-0.3, -0.25) is 14.5 Å². The first-order valence-electron chi connectivity index (χ1n) is 13.2. The van der Waals surface area contributed by atoms with E-state index in [0.29, 0.717) is 43.5 Å². The van der Waals surface area contributed by atoms with Crippen LogP contribution in [0.25, 0.3) is 16.8 Å². The van der Waals surface area contributed by atoms with Crippen LogP contribution in [0.2, 0.25) is 5.02 Å². The summed E-state index contributed by atoms with van der Waals surface area (Å²) < 4.78 is 19.8. The molecule has 5 aromatic carbocycles. The molecule has 1 fully saturated rings. The molecule has 1 aliphatic rings. The van der Waals surface area contributed by atoms with Crippen molar-refractivity contribution in [2.75, 3.05) is 10.2 Å². The highest BCUT2D eigenvalue weighted by Gasteiger charge is 2.34. The van der Waals surface area contributed by atoms with Crippen molar-refractivity contribution in [2.45, 2.75) is 6.61 Å². The van der Waals surface area contributed by atoms with Gasteiger partial charge in [-0.2, -0.15) is 0 Å². The molecule has 0 spiro atoms. The number of nitrogens with zero attached hydrogens (tertiary/aromatic N) is 1. The van der Waals surface area contributed by atoms with E-state index in [1.165, 1.54) is 40.9 Å². The molecule has 2 amide bonds. The van der Waals surface area contributed by atoms with Gasteiger partial charge in [0.1, 0.15) is 18.2 Å². The van der Waals surface area contributed by atoms with E-state index >= 15 is 0 Å². The van der Waals surface area contributed by atoms with Gasteiger partial charge < -0.3 is 10.1 Å². The van der Waals surface area contributed by atoms with E-state index in [2.05, 4.69) is 5.32 Å². The molecule has 0 aliphatic carbocycles. The van der Waals surface area contributed by atoms with Crippen molar-refractivity contribution in [1.29, 1.82) is 0 Å². The number of fused-ring (bicyclic) bond motifs is 1. The normalized spacial score (nSPS) is 14.0. The van der Waals surface area contributed by atoms with Gasteiger partial charge >= 0.3 is 0 Å². The second kappa shape index (κ2) is 12.4. The number of rotatable bonds is 7. The summed E-state index contributed by atoms with van der Waals surface area (Å²) in [5, 5.41) is 5.32. The fourth-order valence-corrected chi connectivity index (χ4v) is 6.04. The van der Waals surface area contributed by atoms with Crippen LogP contribution in [0.15, 0.2) is 114 Å². The third-order valence-corrected chi connectivity index (χ3v) is 8.33. The SMILES string of the molecule is O=C(Nc1ccc(F)cc1)c1cccc(N2C(=O)/C(=C\c3c(OCc4ccc(Cl)cc4)ccc4ccccc34)SC2=S)c1. The number of hydrogen-bond donors (Lipinski definition) is 1. The van der Waals surface area contributed by atoms with Crippen LogP contribution in [0.1, 0.15) is 21.5 Å². The van der Waals surface area contributed by atoms with Crippen LogP contribution < -0.4 is 15.0 Å². The van der Waals surface area contributed by atoms with E-state index in [9.17, 15) is 14.0 Å². The molecule has 43 heavy (non-hydrogen) atoms. The zero-order valence-electron chi connectivity index (χ0n) is 22.4. The zero-order chi connectivity index (χ0) is 29.9. The lowest BCUT2D eigenvalue weighted by molar-refractivity contribution is -0.113. The third kappa shape index (κ3) is 6.32. The van der Waals surface area contributed by atoms with Crippen molar-refractivity contribution in [3.05, 3.63) is 142 Å². The molecular weight excluding hydrogens is 603 g/mol. The average molecular weight is 625 g/mol. The Labute approximate surface area is 261 Å². The number of benzene rings is 5. The Morgan fingerprint density at radius 2 is 1.72 bits per heavy atom. The lowest BCUT2D eigenvalue weighted by Gasteiger charge is -2.16. The zero-order valence-corrected chi connectivity index (χ0v) is 24.8. The summed E-state index contributed by atoms with van der Waals surface area (Å²) in [6, 6.07) is 31.3. The summed E-state index contributed by atoms with van der Waals surface area (Å²) in [4.78, 5) is 28.5. The van der Waals surface area contributed by atoms with Crippen LogP contribution >= 0.6 is 35.6 Å². The van der Waals surface area contributed by atoms with Crippen LogP contribution in [-0.4, -0.2) is 16.1 Å². The molecule has 212 valence electrons. The Bertz CT molecular complexity index is 1910. The number of nitrogens with one attached hydrogen (secondary N) is 1. The van der Waals surface area contributed by atoms with Gasteiger partial charge in [-0.05, 0) is 83.1 Å². The second-order valence-electron chi connectivity index (χ2n) is 9.64. The first-order valence-corrected chi connectivity index (χ1v) is 14.8. The number of amides is 2. The molecule has 9 heteroatoms. The molecule has 1 N–H and O–H groups in total.